The van der Waals surface area contributed by atoms with Crippen molar-refractivity contribution in [2.75, 3.05) is 20.0 Å². The molecule has 0 saturated carbocycles. The number of methoxy groups -OCH3 is 2. The van der Waals surface area contributed by atoms with Gasteiger partial charge in [-0.25, -0.2) is 8.78 Å². The number of hydrogen-bond donors (Lipinski definition) is 1. The maximum Gasteiger partial charge on any atom is 0.183 e. The van der Waals surface area contributed by atoms with E-state index >= 15 is 0 Å². The van der Waals surface area contributed by atoms with Crippen molar-refractivity contribution in [3.05, 3.63) is 35.2 Å². The number of ether oxygens (including phenoxy) is 2. The molecule has 1 aromatic heterocycles. The number of aryl methyl sites for hydroxylation is 1. The first-order valence-electron chi connectivity index (χ1n) is 6.46. The van der Waals surface area contributed by atoms with Crippen molar-refractivity contribution in [1.82, 2.24) is 9.78 Å². The maximum atomic E-state index is 14.1. The van der Waals surface area contributed by atoms with Gasteiger partial charge in [-0.15, -0.1) is 0 Å². The van der Waals surface area contributed by atoms with Gasteiger partial charge in [-0.1, -0.05) is 5.92 Å². The summed E-state index contributed by atoms with van der Waals surface area (Å²) in [5, 5.41) is 4.10. The number of benzene rings is 1. The minimum absolute atomic E-state index is 0.158. The number of hydrogen-bond acceptors (Lipinski definition) is 4. The van der Waals surface area contributed by atoms with E-state index in [0.29, 0.717) is 12.2 Å². The molecule has 0 atom stereocenters. The zero-order chi connectivity index (χ0) is 16.3. The van der Waals surface area contributed by atoms with Crippen LogP contribution in [0, 0.1) is 23.5 Å². The molecule has 0 amide bonds. The largest absolute Gasteiger partial charge is 0.493 e. The lowest BCUT2D eigenvalue weighted by Crippen LogP contribution is -1.99. The summed E-state index contributed by atoms with van der Waals surface area (Å²) in [6, 6.07) is 1.12. The van der Waals surface area contributed by atoms with E-state index in [4.69, 9.17) is 15.2 Å². The first-order valence-corrected chi connectivity index (χ1v) is 6.46. The standard InChI is InChI=1S/C15H15F2N3O2/c1-4-20-8-10(18)11(19-20)6-5-9-14(16)12(21-2)7-13(22-3)15(9)17/h7-8H,4,18H2,1-3H3. The van der Waals surface area contributed by atoms with E-state index in [0.717, 1.165) is 6.07 Å². The van der Waals surface area contributed by atoms with E-state index in [1.807, 2.05) is 6.92 Å². The van der Waals surface area contributed by atoms with Crippen molar-refractivity contribution in [2.45, 2.75) is 13.5 Å². The van der Waals surface area contributed by atoms with E-state index in [1.165, 1.54) is 14.2 Å². The predicted molar refractivity (Wildman–Crippen MR) is 77.8 cm³/mol. The number of aromatic nitrogens is 2. The number of nitrogens with zero attached hydrogens (tertiary/aromatic N) is 2. The third-order valence-corrected chi connectivity index (χ3v) is 2.99. The normalized spacial score (nSPS) is 10.0. The fourth-order valence-electron chi connectivity index (χ4n) is 1.81. The van der Waals surface area contributed by atoms with Crippen molar-refractivity contribution in [3.8, 4) is 23.3 Å². The van der Waals surface area contributed by atoms with Gasteiger partial charge in [0.15, 0.2) is 28.8 Å². The SMILES string of the molecule is CCn1cc(N)c(C#Cc2c(F)c(OC)cc(OC)c2F)n1. The van der Waals surface area contributed by atoms with Crippen LogP contribution in [0.5, 0.6) is 11.5 Å². The molecule has 7 heteroatoms. The zero-order valence-electron chi connectivity index (χ0n) is 12.4. The quantitative estimate of drug-likeness (QED) is 0.883. The Bertz CT molecular complexity index is 732. The van der Waals surface area contributed by atoms with Crippen LogP contribution in [0.15, 0.2) is 12.3 Å². The van der Waals surface area contributed by atoms with E-state index in [9.17, 15) is 8.78 Å². The Morgan fingerprint density at radius 1 is 1.18 bits per heavy atom. The summed E-state index contributed by atoms with van der Waals surface area (Å²) >= 11 is 0. The van der Waals surface area contributed by atoms with Crippen molar-refractivity contribution >= 4 is 5.69 Å². The lowest BCUT2D eigenvalue weighted by atomic mass is 10.1. The van der Waals surface area contributed by atoms with Crippen LogP contribution in [-0.4, -0.2) is 24.0 Å². The van der Waals surface area contributed by atoms with Gasteiger partial charge < -0.3 is 15.2 Å². The molecule has 2 aromatic rings. The molecule has 5 nitrogen and oxygen atoms in total. The minimum Gasteiger partial charge on any atom is -0.493 e. The van der Waals surface area contributed by atoms with Crippen LogP contribution >= 0.6 is 0 Å². The Labute approximate surface area is 126 Å². The second kappa shape index (κ2) is 6.35. The highest BCUT2D eigenvalue weighted by Crippen LogP contribution is 2.30. The highest BCUT2D eigenvalue weighted by atomic mass is 19.1. The molecule has 0 bridgehead atoms. The predicted octanol–water partition coefficient (Wildman–Crippen LogP) is 2.18. The Kier molecular flexibility index (Phi) is 4.51. The van der Waals surface area contributed by atoms with Crippen LogP contribution in [0.25, 0.3) is 0 Å². The average molecular weight is 307 g/mol. The molecule has 2 N–H and O–H groups in total. The summed E-state index contributed by atoms with van der Waals surface area (Å²) in [5.74, 6) is 2.86. The molecule has 0 saturated heterocycles. The van der Waals surface area contributed by atoms with Gasteiger partial charge in [-0.05, 0) is 12.8 Å². The first-order chi connectivity index (χ1) is 10.5. The number of rotatable bonds is 3. The van der Waals surface area contributed by atoms with Crippen LogP contribution in [0.2, 0.25) is 0 Å². The van der Waals surface area contributed by atoms with Gasteiger partial charge in [0.2, 0.25) is 0 Å². The molecule has 0 fully saturated rings. The van der Waals surface area contributed by atoms with Crippen molar-refractivity contribution in [1.29, 1.82) is 0 Å². The van der Waals surface area contributed by atoms with Crippen LogP contribution in [-0.2, 0) is 6.54 Å². The third kappa shape index (κ3) is 2.81. The van der Waals surface area contributed by atoms with Gasteiger partial charge in [0.05, 0.1) is 19.9 Å². The van der Waals surface area contributed by atoms with Crippen LogP contribution in [0.1, 0.15) is 18.2 Å². The van der Waals surface area contributed by atoms with Gasteiger partial charge in [0.25, 0.3) is 0 Å². The Morgan fingerprint density at radius 2 is 1.77 bits per heavy atom. The summed E-state index contributed by atoms with van der Waals surface area (Å²) in [4.78, 5) is 0. The number of nitrogen functional groups attached to an aromatic ring is 1. The Balaban J connectivity index is 2.54. The maximum absolute atomic E-state index is 14.1. The Hall–Kier alpha value is -2.75. The monoisotopic (exact) mass is 307 g/mol. The molecule has 1 aromatic carbocycles. The molecule has 0 radical (unpaired) electrons. The minimum atomic E-state index is -0.901. The van der Waals surface area contributed by atoms with E-state index in [2.05, 4.69) is 16.9 Å². The van der Waals surface area contributed by atoms with E-state index < -0.39 is 17.2 Å². The zero-order valence-corrected chi connectivity index (χ0v) is 12.4. The van der Waals surface area contributed by atoms with E-state index in [1.54, 1.807) is 10.9 Å². The summed E-state index contributed by atoms with van der Waals surface area (Å²) in [7, 11) is 2.54. The molecule has 0 spiro atoms. The number of nitrogens with two attached hydrogens (primary N) is 1. The molecule has 2 rings (SSSR count). The number of anilines is 1. The fourth-order valence-corrected chi connectivity index (χ4v) is 1.81. The molecule has 0 unspecified atom stereocenters. The molecule has 0 aliphatic rings. The van der Waals surface area contributed by atoms with Gasteiger partial charge in [0, 0.05) is 18.8 Å². The van der Waals surface area contributed by atoms with E-state index in [-0.39, 0.29) is 17.2 Å². The van der Waals surface area contributed by atoms with Gasteiger partial charge in [0.1, 0.15) is 5.56 Å². The highest BCUT2D eigenvalue weighted by molar-refractivity contribution is 5.55. The summed E-state index contributed by atoms with van der Waals surface area (Å²) in [6.45, 7) is 2.50. The second-order valence-corrected chi connectivity index (χ2v) is 4.32. The molecule has 1 heterocycles. The molecule has 116 valence electrons. The van der Waals surface area contributed by atoms with Crippen LogP contribution in [0.3, 0.4) is 0 Å². The average Bonchev–Trinajstić information content (AvgIpc) is 2.88. The molecule has 22 heavy (non-hydrogen) atoms. The lowest BCUT2D eigenvalue weighted by molar-refractivity contribution is 0.357. The van der Waals surface area contributed by atoms with Crippen molar-refractivity contribution in [2.24, 2.45) is 0 Å². The van der Waals surface area contributed by atoms with Crippen LogP contribution in [0.4, 0.5) is 14.5 Å². The third-order valence-electron chi connectivity index (χ3n) is 2.99. The summed E-state index contributed by atoms with van der Waals surface area (Å²) in [6.07, 6.45) is 1.60. The summed E-state index contributed by atoms with van der Waals surface area (Å²) in [5.41, 5.74) is 5.88. The first kappa shape index (κ1) is 15.6. The van der Waals surface area contributed by atoms with Crippen LogP contribution < -0.4 is 15.2 Å². The van der Waals surface area contributed by atoms with Gasteiger partial charge >= 0.3 is 0 Å². The molecule has 0 aliphatic heterocycles. The summed E-state index contributed by atoms with van der Waals surface area (Å²) < 4.78 is 39.6. The second-order valence-electron chi connectivity index (χ2n) is 4.32. The molecular weight excluding hydrogens is 292 g/mol. The molecular formula is C15H15F2N3O2. The van der Waals surface area contributed by atoms with Crippen molar-refractivity contribution < 1.29 is 18.3 Å². The highest BCUT2D eigenvalue weighted by Gasteiger charge is 2.18. The lowest BCUT2D eigenvalue weighted by Gasteiger charge is -2.08. The fraction of sp³-hybridized carbons (Fsp3) is 0.267. The Morgan fingerprint density at radius 3 is 2.23 bits per heavy atom. The van der Waals surface area contributed by atoms with Gasteiger partial charge in [-0.2, -0.15) is 5.10 Å². The number of halogens is 2. The smallest absolute Gasteiger partial charge is 0.183 e. The molecule has 0 aliphatic carbocycles. The van der Waals surface area contributed by atoms with Crippen molar-refractivity contribution in [3.63, 3.8) is 0 Å². The van der Waals surface area contributed by atoms with Gasteiger partial charge in [-0.3, -0.25) is 4.68 Å². The topological polar surface area (TPSA) is 62.3 Å².